The van der Waals surface area contributed by atoms with Crippen LogP contribution in [0.4, 0.5) is 0 Å². The smallest absolute Gasteiger partial charge is 0.303 e. The summed E-state index contributed by atoms with van der Waals surface area (Å²) in [4.78, 5) is 18.7. The zero-order chi connectivity index (χ0) is 26.3. The van der Waals surface area contributed by atoms with E-state index >= 15 is 0 Å². The molecule has 1 aliphatic carbocycles. The number of pyridine rings is 1. The molecule has 2 N–H and O–H groups in total. The average Bonchev–Trinajstić information content (AvgIpc) is 2.90. The van der Waals surface area contributed by atoms with E-state index < -0.39 is 12.1 Å². The highest BCUT2D eigenvalue weighted by atomic mass is 35.5. The van der Waals surface area contributed by atoms with E-state index in [1.807, 2.05) is 18.2 Å². The molecular weight excluding hydrogens is 508 g/mol. The number of nitrogens with zero attached hydrogens (tertiary/aromatic N) is 2. The molecule has 2 aromatic rings. The molecule has 1 aliphatic heterocycles. The van der Waals surface area contributed by atoms with E-state index in [1.165, 1.54) is 44.3 Å². The molecule has 204 valence electrons. The average molecular weight is 549 g/mol. The van der Waals surface area contributed by atoms with E-state index in [0.29, 0.717) is 29.2 Å². The molecule has 2 aliphatic rings. The predicted octanol–water partition coefficient (Wildman–Crippen LogP) is 6.72. The minimum Gasteiger partial charge on any atom is -0.497 e. The van der Waals surface area contributed by atoms with Crippen LogP contribution in [0, 0.1) is 5.41 Å². The summed E-state index contributed by atoms with van der Waals surface area (Å²) in [6.45, 7) is 2.94. The van der Waals surface area contributed by atoms with Gasteiger partial charge in [0.2, 0.25) is 0 Å². The number of carboxylic acid groups (broad SMARTS) is 1. The second-order valence-electron chi connectivity index (χ2n) is 10.9. The number of ether oxygens (including phenoxy) is 1. The van der Waals surface area contributed by atoms with Crippen LogP contribution >= 0.6 is 23.4 Å². The number of piperidine rings is 1. The summed E-state index contributed by atoms with van der Waals surface area (Å²) in [5.74, 6) is 1.14. The Kier molecular flexibility index (Phi) is 10.4. The number of carbonyl (C=O) groups is 1. The van der Waals surface area contributed by atoms with E-state index in [0.717, 1.165) is 48.6 Å². The van der Waals surface area contributed by atoms with Crippen LogP contribution < -0.4 is 4.74 Å². The molecule has 1 saturated heterocycles. The van der Waals surface area contributed by atoms with Crippen molar-refractivity contribution in [1.82, 2.24) is 9.88 Å². The molecule has 4 rings (SSSR count). The van der Waals surface area contributed by atoms with Crippen LogP contribution in [0.3, 0.4) is 0 Å². The predicted molar refractivity (Wildman–Crippen MR) is 152 cm³/mol. The lowest BCUT2D eigenvalue weighted by molar-refractivity contribution is -0.141. The molecule has 2 fully saturated rings. The molecule has 37 heavy (non-hydrogen) atoms. The van der Waals surface area contributed by atoms with Crippen LogP contribution in [0.1, 0.15) is 82.3 Å². The molecule has 0 bridgehead atoms. The number of rotatable bonds is 12. The highest BCUT2D eigenvalue weighted by Gasteiger charge is 2.37. The number of hydrogen-bond acceptors (Lipinski definition) is 6. The Balaban J connectivity index is 1.33. The largest absolute Gasteiger partial charge is 0.497 e. The van der Waals surface area contributed by atoms with Crippen molar-refractivity contribution in [3.63, 3.8) is 0 Å². The minimum absolute atomic E-state index is 0.143. The number of aromatic nitrogens is 1. The Morgan fingerprint density at radius 2 is 2.03 bits per heavy atom. The monoisotopic (exact) mass is 548 g/mol. The molecule has 1 saturated carbocycles. The minimum atomic E-state index is -0.800. The number of thioether (sulfide) groups is 1. The fraction of sp³-hybridized carbons (Fsp3) is 0.655. The number of benzene rings is 1. The van der Waals surface area contributed by atoms with Gasteiger partial charge in [-0.2, -0.15) is 11.8 Å². The third-order valence-corrected chi connectivity index (χ3v) is 10.1. The Labute approximate surface area is 230 Å². The number of aliphatic hydroxyl groups excluding tert-OH is 1. The normalized spacial score (nSPS) is 19.6. The number of fused-ring (bicyclic) bond motifs is 1. The van der Waals surface area contributed by atoms with Crippen LogP contribution in [0.2, 0.25) is 5.02 Å². The van der Waals surface area contributed by atoms with Crippen LogP contribution in [-0.4, -0.2) is 63.8 Å². The van der Waals surface area contributed by atoms with Crippen molar-refractivity contribution in [3.8, 4) is 5.75 Å². The van der Waals surface area contributed by atoms with Crippen LogP contribution in [0.25, 0.3) is 10.9 Å². The van der Waals surface area contributed by atoms with Gasteiger partial charge in [-0.3, -0.25) is 9.78 Å². The van der Waals surface area contributed by atoms with Crippen molar-refractivity contribution in [2.24, 2.45) is 5.41 Å². The molecule has 0 amide bonds. The summed E-state index contributed by atoms with van der Waals surface area (Å²) in [7, 11) is 1.60. The van der Waals surface area contributed by atoms with Crippen molar-refractivity contribution < 1.29 is 19.7 Å². The highest BCUT2D eigenvalue weighted by Crippen LogP contribution is 2.43. The van der Waals surface area contributed by atoms with Crippen molar-refractivity contribution in [2.75, 3.05) is 32.5 Å². The summed E-state index contributed by atoms with van der Waals surface area (Å²) in [5, 5.41) is 23.0. The lowest BCUT2D eigenvalue weighted by Gasteiger charge is -2.41. The quantitative estimate of drug-likeness (QED) is 0.285. The van der Waals surface area contributed by atoms with E-state index in [-0.39, 0.29) is 11.8 Å². The number of carboxylic acids is 1. The summed E-state index contributed by atoms with van der Waals surface area (Å²) in [6, 6.07) is 5.55. The topological polar surface area (TPSA) is 82.9 Å². The Bertz CT molecular complexity index is 1040. The number of aliphatic hydroxyl groups is 1. The fourth-order valence-electron chi connectivity index (χ4n) is 6.08. The maximum atomic E-state index is 11.8. The van der Waals surface area contributed by atoms with Crippen LogP contribution in [0.15, 0.2) is 24.4 Å². The molecule has 1 aromatic carbocycles. The Morgan fingerprint density at radius 3 is 2.73 bits per heavy atom. The lowest BCUT2D eigenvalue weighted by Crippen LogP contribution is -2.41. The van der Waals surface area contributed by atoms with Gasteiger partial charge in [0.25, 0.3) is 0 Å². The zero-order valence-electron chi connectivity index (χ0n) is 22.0. The Morgan fingerprint density at radius 1 is 1.27 bits per heavy atom. The zero-order valence-corrected chi connectivity index (χ0v) is 23.5. The molecule has 1 atom stereocenters. The van der Waals surface area contributed by atoms with Crippen LogP contribution in [0.5, 0.6) is 5.75 Å². The molecule has 2 heterocycles. The van der Waals surface area contributed by atoms with Gasteiger partial charge in [-0.15, -0.1) is 0 Å². The van der Waals surface area contributed by atoms with E-state index in [4.69, 9.17) is 16.3 Å². The van der Waals surface area contributed by atoms with Crippen molar-refractivity contribution in [2.45, 2.75) is 82.0 Å². The molecule has 0 radical (unpaired) electrons. The van der Waals surface area contributed by atoms with E-state index in [9.17, 15) is 15.0 Å². The number of likely N-dealkylation sites (tertiary alicyclic amines) is 1. The van der Waals surface area contributed by atoms with Gasteiger partial charge < -0.3 is 19.8 Å². The summed E-state index contributed by atoms with van der Waals surface area (Å²) < 4.78 is 5.36. The van der Waals surface area contributed by atoms with Gasteiger partial charge in [0.05, 0.1) is 30.2 Å². The maximum Gasteiger partial charge on any atom is 0.303 e. The molecule has 0 unspecified atom stereocenters. The van der Waals surface area contributed by atoms with Crippen LogP contribution in [-0.2, 0) is 4.79 Å². The second-order valence-corrected chi connectivity index (χ2v) is 12.7. The highest BCUT2D eigenvalue weighted by molar-refractivity contribution is 7.99. The summed E-state index contributed by atoms with van der Waals surface area (Å²) in [6.07, 6.45) is 11.9. The van der Waals surface area contributed by atoms with Gasteiger partial charge >= 0.3 is 5.97 Å². The molecular formula is C29H41ClN2O4S. The van der Waals surface area contributed by atoms with Gasteiger partial charge in [0, 0.05) is 22.4 Å². The SMILES string of the molecule is COc1ccc2ncc(Cl)c([C@H](O)CCC3(CC(=O)O)CCN(CCCSC4CCCCC4)CC3)c2c1. The first kappa shape index (κ1) is 28.5. The Hall–Kier alpha value is -1.54. The summed E-state index contributed by atoms with van der Waals surface area (Å²) in [5.41, 5.74) is 1.09. The van der Waals surface area contributed by atoms with Gasteiger partial charge in [0.1, 0.15) is 5.75 Å². The third-order valence-electron chi connectivity index (χ3n) is 8.32. The molecule has 8 heteroatoms. The van der Waals surface area contributed by atoms with E-state index in [1.54, 1.807) is 13.3 Å². The first-order chi connectivity index (χ1) is 17.9. The maximum absolute atomic E-state index is 11.8. The lowest BCUT2D eigenvalue weighted by atomic mass is 9.71. The summed E-state index contributed by atoms with van der Waals surface area (Å²) >= 11 is 8.65. The second kappa shape index (κ2) is 13.5. The van der Waals surface area contributed by atoms with Gasteiger partial charge in [0.15, 0.2) is 0 Å². The number of methoxy groups -OCH3 is 1. The number of aliphatic carboxylic acids is 1. The van der Waals surface area contributed by atoms with Gasteiger partial charge in [-0.25, -0.2) is 0 Å². The van der Waals surface area contributed by atoms with Gasteiger partial charge in [-0.1, -0.05) is 30.9 Å². The van der Waals surface area contributed by atoms with Crippen molar-refractivity contribution >= 4 is 40.2 Å². The third kappa shape index (κ3) is 7.75. The molecule has 0 spiro atoms. The fourth-order valence-corrected chi connectivity index (χ4v) is 7.65. The standard InChI is InChI=1S/C29H41ClN2O4S/c1-36-21-8-9-25-23(18-21)28(24(30)20-31-25)26(33)10-11-29(19-27(34)35)12-15-32(16-13-29)14-5-17-37-22-6-3-2-4-7-22/h8-9,18,20,22,26,33H,2-7,10-17,19H2,1H3,(H,34,35)/t26-/m1/s1. The first-order valence-corrected chi connectivity index (χ1v) is 15.2. The molecule has 1 aromatic heterocycles. The molecule has 6 nitrogen and oxygen atoms in total. The number of halogens is 1. The van der Waals surface area contributed by atoms with Crippen molar-refractivity contribution in [3.05, 3.63) is 35.0 Å². The number of hydrogen-bond donors (Lipinski definition) is 2. The van der Waals surface area contributed by atoms with E-state index in [2.05, 4.69) is 21.6 Å². The first-order valence-electron chi connectivity index (χ1n) is 13.8. The van der Waals surface area contributed by atoms with Gasteiger partial charge in [-0.05, 0) is 93.9 Å². The van der Waals surface area contributed by atoms with Crippen molar-refractivity contribution in [1.29, 1.82) is 0 Å².